The molecule has 0 saturated carbocycles. The molecule has 1 aromatic rings. The van der Waals surface area contributed by atoms with Crippen molar-refractivity contribution in [2.45, 2.75) is 25.8 Å². The van der Waals surface area contributed by atoms with Crippen LogP contribution in [-0.4, -0.2) is 36.8 Å². The molecule has 112 valence electrons. The lowest BCUT2D eigenvalue weighted by molar-refractivity contribution is -0.122. The van der Waals surface area contributed by atoms with Crippen LogP contribution in [0.4, 0.5) is 5.69 Å². The van der Waals surface area contributed by atoms with E-state index >= 15 is 0 Å². The first-order chi connectivity index (χ1) is 9.38. The largest absolute Gasteiger partial charge is 0.495 e. The summed E-state index contributed by atoms with van der Waals surface area (Å²) < 4.78 is 5.20. The van der Waals surface area contributed by atoms with Gasteiger partial charge in [0, 0.05) is 18.0 Å². The van der Waals surface area contributed by atoms with Gasteiger partial charge in [-0.05, 0) is 32.0 Å². The summed E-state index contributed by atoms with van der Waals surface area (Å²) in [6.45, 7) is 3.87. The predicted molar refractivity (Wildman–Crippen MR) is 80.4 cm³/mol. The second kappa shape index (κ2) is 7.36. The SMILES string of the molecule is COc1ccc(Cl)cc1NCCC(=O)NC(C)(C)CO. The van der Waals surface area contributed by atoms with Crippen LogP contribution >= 0.6 is 11.6 Å². The quantitative estimate of drug-likeness (QED) is 0.721. The van der Waals surface area contributed by atoms with Crippen LogP contribution in [0.2, 0.25) is 5.02 Å². The molecule has 1 amide bonds. The molecule has 0 unspecified atom stereocenters. The van der Waals surface area contributed by atoms with Gasteiger partial charge in [0.15, 0.2) is 0 Å². The Morgan fingerprint density at radius 2 is 2.15 bits per heavy atom. The average molecular weight is 301 g/mol. The fraction of sp³-hybridized carbons (Fsp3) is 0.500. The molecule has 0 atom stereocenters. The van der Waals surface area contributed by atoms with Gasteiger partial charge in [-0.25, -0.2) is 0 Å². The second-order valence-corrected chi connectivity index (χ2v) is 5.55. The monoisotopic (exact) mass is 300 g/mol. The summed E-state index contributed by atoms with van der Waals surface area (Å²) in [6, 6.07) is 5.25. The number of aliphatic hydroxyl groups is 1. The summed E-state index contributed by atoms with van der Waals surface area (Å²) in [5, 5.41) is 15.5. The Hall–Kier alpha value is -1.46. The number of hydrogen-bond donors (Lipinski definition) is 3. The van der Waals surface area contributed by atoms with E-state index in [2.05, 4.69) is 10.6 Å². The first kappa shape index (κ1) is 16.6. The second-order valence-electron chi connectivity index (χ2n) is 5.11. The highest BCUT2D eigenvalue weighted by molar-refractivity contribution is 6.30. The zero-order chi connectivity index (χ0) is 15.2. The fourth-order valence-corrected chi connectivity index (χ4v) is 1.78. The normalized spacial score (nSPS) is 11.1. The van der Waals surface area contributed by atoms with Gasteiger partial charge in [-0.3, -0.25) is 4.79 Å². The van der Waals surface area contributed by atoms with Gasteiger partial charge < -0.3 is 20.5 Å². The summed E-state index contributed by atoms with van der Waals surface area (Å²) in [6.07, 6.45) is 0.291. The number of benzene rings is 1. The topological polar surface area (TPSA) is 70.6 Å². The van der Waals surface area contributed by atoms with Crippen molar-refractivity contribution in [2.75, 3.05) is 25.6 Å². The van der Waals surface area contributed by atoms with Gasteiger partial charge in [0.05, 0.1) is 24.9 Å². The average Bonchev–Trinajstić information content (AvgIpc) is 2.38. The van der Waals surface area contributed by atoms with E-state index in [9.17, 15) is 4.79 Å². The number of carbonyl (C=O) groups excluding carboxylic acids is 1. The van der Waals surface area contributed by atoms with E-state index in [0.29, 0.717) is 23.7 Å². The molecule has 0 spiro atoms. The standard InChI is InChI=1S/C14H21ClN2O3/c1-14(2,9-18)17-13(19)6-7-16-11-8-10(15)4-5-12(11)20-3/h4-5,8,16,18H,6-7,9H2,1-3H3,(H,17,19). The number of amides is 1. The smallest absolute Gasteiger partial charge is 0.222 e. The summed E-state index contributed by atoms with van der Waals surface area (Å²) in [5.41, 5.74) is 0.138. The van der Waals surface area contributed by atoms with E-state index in [1.165, 1.54) is 0 Å². The van der Waals surface area contributed by atoms with Crippen LogP contribution in [0.3, 0.4) is 0 Å². The van der Waals surface area contributed by atoms with Gasteiger partial charge in [0.1, 0.15) is 5.75 Å². The van der Waals surface area contributed by atoms with Crippen LogP contribution in [0.15, 0.2) is 18.2 Å². The molecule has 1 rings (SSSR count). The highest BCUT2D eigenvalue weighted by Crippen LogP contribution is 2.27. The Balaban J connectivity index is 2.48. The third kappa shape index (κ3) is 5.27. The van der Waals surface area contributed by atoms with E-state index in [-0.39, 0.29) is 12.5 Å². The minimum atomic E-state index is -0.606. The van der Waals surface area contributed by atoms with E-state index in [1.807, 2.05) is 0 Å². The molecule has 0 aliphatic carbocycles. The van der Waals surface area contributed by atoms with Gasteiger partial charge in [-0.15, -0.1) is 0 Å². The molecule has 0 fully saturated rings. The number of halogens is 1. The van der Waals surface area contributed by atoms with Crippen molar-refractivity contribution in [3.05, 3.63) is 23.2 Å². The highest BCUT2D eigenvalue weighted by atomic mass is 35.5. The minimum Gasteiger partial charge on any atom is -0.495 e. The predicted octanol–water partition coefficient (Wildman–Crippen LogP) is 2.04. The molecular weight excluding hydrogens is 280 g/mol. The third-order valence-electron chi connectivity index (χ3n) is 2.70. The van der Waals surface area contributed by atoms with E-state index in [1.54, 1.807) is 39.2 Å². The maximum absolute atomic E-state index is 11.7. The van der Waals surface area contributed by atoms with Crippen molar-refractivity contribution >= 4 is 23.2 Å². The molecule has 6 heteroatoms. The summed E-state index contributed by atoms with van der Waals surface area (Å²) >= 11 is 5.92. The van der Waals surface area contributed by atoms with Crippen molar-refractivity contribution in [3.8, 4) is 5.75 Å². The number of carbonyl (C=O) groups is 1. The van der Waals surface area contributed by atoms with Crippen molar-refractivity contribution in [1.82, 2.24) is 5.32 Å². The van der Waals surface area contributed by atoms with Crippen molar-refractivity contribution < 1.29 is 14.6 Å². The van der Waals surface area contributed by atoms with Crippen LogP contribution in [0.25, 0.3) is 0 Å². The van der Waals surface area contributed by atoms with Crippen molar-refractivity contribution in [1.29, 1.82) is 0 Å². The third-order valence-corrected chi connectivity index (χ3v) is 2.94. The lowest BCUT2D eigenvalue weighted by Crippen LogP contribution is -2.46. The lowest BCUT2D eigenvalue weighted by atomic mass is 10.1. The zero-order valence-corrected chi connectivity index (χ0v) is 12.8. The number of hydrogen-bond acceptors (Lipinski definition) is 4. The lowest BCUT2D eigenvalue weighted by Gasteiger charge is -2.23. The van der Waals surface area contributed by atoms with Crippen LogP contribution in [-0.2, 0) is 4.79 Å². The molecule has 0 aromatic heterocycles. The molecule has 0 radical (unpaired) electrons. The number of ether oxygens (including phenoxy) is 1. The number of anilines is 1. The number of nitrogens with one attached hydrogen (secondary N) is 2. The minimum absolute atomic E-state index is 0.103. The first-order valence-electron chi connectivity index (χ1n) is 6.37. The molecule has 0 aliphatic heterocycles. The summed E-state index contributed by atoms with van der Waals surface area (Å²) in [5.74, 6) is 0.544. The molecule has 5 nitrogen and oxygen atoms in total. The molecule has 0 saturated heterocycles. The molecule has 0 aliphatic rings. The van der Waals surface area contributed by atoms with Crippen LogP contribution in [0, 0.1) is 0 Å². The Kier molecular flexibility index (Phi) is 6.10. The van der Waals surface area contributed by atoms with Gasteiger partial charge >= 0.3 is 0 Å². The van der Waals surface area contributed by atoms with Crippen LogP contribution < -0.4 is 15.4 Å². The zero-order valence-electron chi connectivity index (χ0n) is 12.0. The fourth-order valence-electron chi connectivity index (χ4n) is 1.61. The molecule has 0 heterocycles. The van der Waals surface area contributed by atoms with E-state index < -0.39 is 5.54 Å². The molecule has 0 bridgehead atoms. The van der Waals surface area contributed by atoms with E-state index in [0.717, 1.165) is 5.69 Å². The Morgan fingerprint density at radius 1 is 1.45 bits per heavy atom. The Bertz CT molecular complexity index is 464. The van der Waals surface area contributed by atoms with Gasteiger partial charge in [-0.2, -0.15) is 0 Å². The Morgan fingerprint density at radius 3 is 2.75 bits per heavy atom. The van der Waals surface area contributed by atoms with Crippen molar-refractivity contribution in [3.63, 3.8) is 0 Å². The van der Waals surface area contributed by atoms with Crippen molar-refractivity contribution in [2.24, 2.45) is 0 Å². The summed E-state index contributed by atoms with van der Waals surface area (Å²) in [4.78, 5) is 11.7. The molecule has 20 heavy (non-hydrogen) atoms. The van der Waals surface area contributed by atoms with Gasteiger partial charge in [-0.1, -0.05) is 11.6 Å². The van der Waals surface area contributed by atoms with Crippen LogP contribution in [0.5, 0.6) is 5.75 Å². The number of rotatable bonds is 7. The molecular formula is C14H21ClN2O3. The number of methoxy groups -OCH3 is 1. The summed E-state index contributed by atoms with van der Waals surface area (Å²) in [7, 11) is 1.57. The Labute approximate surface area is 124 Å². The van der Waals surface area contributed by atoms with E-state index in [4.69, 9.17) is 21.4 Å². The van der Waals surface area contributed by atoms with Crippen LogP contribution in [0.1, 0.15) is 20.3 Å². The van der Waals surface area contributed by atoms with Gasteiger partial charge in [0.2, 0.25) is 5.91 Å². The first-order valence-corrected chi connectivity index (χ1v) is 6.75. The number of aliphatic hydroxyl groups excluding tert-OH is 1. The molecule has 1 aromatic carbocycles. The molecule has 3 N–H and O–H groups in total. The maximum atomic E-state index is 11.7. The highest BCUT2D eigenvalue weighted by Gasteiger charge is 2.18. The maximum Gasteiger partial charge on any atom is 0.222 e. The van der Waals surface area contributed by atoms with Gasteiger partial charge in [0.25, 0.3) is 0 Å².